The molecule has 11 nitrogen and oxygen atoms in total. The van der Waals surface area contributed by atoms with Gasteiger partial charge in [-0.05, 0) is 24.3 Å². The molecule has 5 rings (SSSR count). The first kappa shape index (κ1) is 27.2. The van der Waals surface area contributed by atoms with Crippen LogP contribution in [0.5, 0.6) is 17.2 Å². The fourth-order valence-electron chi connectivity index (χ4n) is 4.87. The van der Waals surface area contributed by atoms with E-state index in [9.17, 15) is 14.7 Å². The molecule has 40 heavy (non-hydrogen) atoms. The molecule has 0 radical (unpaired) electrons. The second-order valence-electron chi connectivity index (χ2n) is 9.68. The van der Waals surface area contributed by atoms with Crippen LogP contribution in [0.1, 0.15) is 29.6 Å². The molecule has 0 amide bonds. The first-order valence-electron chi connectivity index (χ1n) is 12.4. The second-order valence-corrected chi connectivity index (χ2v) is 10.1. The number of methoxy groups -OCH3 is 2. The predicted octanol–water partition coefficient (Wildman–Crippen LogP) is 4.48. The largest absolute Gasteiger partial charge is 0.507 e. The molecule has 0 fully saturated rings. The number of hydrogen-bond donors (Lipinski definition) is 1. The number of ketones is 2. The highest BCUT2D eigenvalue weighted by molar-refractivity contribution is 6.35. The lowest BCUT2D eigenvalue weighted by Crippen LogP contribution is -2.52. The van der Waals surface area contributed by atoms with Gasteiger partial charge in [0.1, 0.15) is 28.6 Å². The molecule has 1 spiro atoms. The van der Waals surface area contributed by atoms with Crippen molar-refractivity contribution >= 4 is 35.1 Å². The smallest absolute Gasteiger partial charge is 0.248 e. The molecule has 1 aliphatic carbocycles. The summed E-state index contributed by atoms with van der Waals surface area (Å²) in [5.74, 6) is -1.20. The number of hydrogen-bond acceptors (Lipinski definition) is 11. The lowest BCUT2D eigenvalue weighted by atomic mass is 9.73. The third-order valence-corrected chi connectivity index (χ3v) is 7.43. The third kappa shape index (κ3) is 4.26. The van der Waals surface area contributed by atoms with Crippen molar-refractivity contribution in [1.29, 1.82) is 0 Å². The van der Waals surface area contributed by atoms with Gasteiger partial charge < -0.3 is 28.7 Å². The molecule has 0 saturated heterocycles. The average Bonchev–Trinajstić information content (AvgIpc) is 3.54. The van der Waals surface area contributed by atoms with Crippen molar-refractivity contribution in [3.63, 3.8) is 0 Å². The number of halogens is 1. The van der Waals surface area contributed by atoms with Gasteiger partial charge in [-0.1, -0.05) is 23.7 Å². The highest BCUT2D eigenvalue weighted by atomic mass is 35.5. The van der Waals surface area contributed by atoms with Gasteiger partial charge in [0.25, 0.3) is 0 Å². The van der Waals surface area contributed by atoms with Crippen LogP contribution < -0.4 is 19.1 Å². The van der Waals surface area contributed by atoms with Gasteiger partial charge in [0, 0.05) is 50.0 Å². The molecule has 0 bridgehead atoms. The van der Waals surface area contributed by atoms with Gasteiger partial charge in [0.05, 0.1) is 19.8 Å². The van der Waals surface area contributed by atoms with E-state index in [2.05, 4.69) is 15.1 Å². The molecule has 2 unspecified atom stereocenters. The number of ether oxygens (including phenoxy) is 3. The molecule has 12 heteroatoms. The minimum Gasteiger partial charge on any atom is -0.507 e. The molecule has 208 valence electrons. The zero-order chi connectivity index (χ0) is 28.8. The molecule has 1 aromatic heterocycles. The lowest BCUT2D eigenvalue weighted by molar-refractivity contribution is -0.118. The normalized spacial score (nSPS) is 20.3. The van der Waals surface area contributed by atoms with Crippen LogP contribution in [0.2, 0.25) is 5.02 Å². The molecule has 2 heterocycles. The SMILES string of the molecule is COc1cc(OC)c2c(c1Cl)OC1(C2=O)C(O)=C(C=NCc2nc(-c3ccc(N(C)C)cc3)no2)C(=O)CC1C. The van der Waals surface area contributed by atoms with E-state index in [-0.39, 0.29) is 52.3 Å². The monoisotopic (exact) mass is 566 g/mol. The number of benzene rings is 2. The second kappa shape index (κ2) is 10.3. The van der Waals surface area contributed by atoms with Crippen LogP contribution in [0.15, 0.2) is 51.2 Å². The maximum atomic E-state index is 13.8. The Kier molecular flexibility index (Phi) is 7.01. The number of fused-ring (bicyclic) bond motifs is 1. The number of allylic oxidation sites excluding steroid dienone is 1. The first-order valence-corrected chi connectivity index (χ1v) is 12.8. The summed E-state index contributed by atoms with van der Waals surface area (Å²) in [6.45, 7) is 1.59. The van der Waals surface area contributed by atoms with Crippen LogP contribution in [0.4, 0.5) is 5.69 Å². The maximum Gasteiger partial charge on any atom is 0.248 e. The van der Waals surface area contributed by atoms with Crippen LogP contribution in [-0.4, -0.2) is 66.9 Å². The third-order valence-electron chi connectivity index (χ3n) is 7.07. The van der Waals surface area contributed by atoms with Crippen LogP contribution in [0.25, 0.3) is 11.4 Å². The van der Waals surface area contributed by atoms with E-state index in [4.69, 9.17) is 30.3 Å². The van der Waals surface area contributed by atoms with Crippen LogP contribution in [-0.2, 0) is 11.3 Å². The summed E-state index contributed by atoms with van der Waals surface area (Å²) in [7, 11) is 6.71. The Morgan fingerprint density at radius 3 is 2.55 bits per heavy atom. The minimum absolute atomic E-state index is 0.0175. The van der Waals surface area contributed by atoms with Crippen LogP contribution in [0, 0.1) is 5.92 Å². The van der Waals surface area contributed by atoms with Gasteiger partial charge in [-0.15, -0.1) is 0 Å². The van der Waals surface area contributed by atoms with Gasteiger partial charge in [0.2, 0.25) is 23.1 Å². The van der Waals surface area contributed by atoms with Crippen molar-refractivity contribution in [1.82, 2.24) is 10.1 Å². The van der Waals surface area contributed by atoms with Crippen molar-refractivity contribution in [3.8, 4) is 28.6 Å². The van der Waals surface area contributed by atoms with Crippen LogP contribution in [0.3, 0.4) is 0 Å². The molecule has 2 aromatic carbocycles. The summed E-state index contributed by atoms with van der Waals surface area (Å²) in [5, 5.41) is 15.4. The number of aliphatic hydroxyl groups excluding tert-OH is 1. The Morgan fingerprint density at radius 2 is 1.90 bits per heavy atom. The van der Waals surface area contributed by atoms with E-state index >= 15 is 0 Å². The zero-order valence-electron chi connectivity index (χ0n) is 22.5. The molecule has 3 aromatic rings. The average molecular weight is 567 g/mol. The lowest BCUT2D eigenvalue weighted by Gasteiger charge is -2.36. The van der Waals surface area contributed by atoms with Crippen molar-refractivity contribution in [3.05, 3.63) is 58.1 Å². The summed E-state index contributed by atoms with van der Waals surface area (Å²) >= 11 is 6.46. The Labute approximate surface area is 235 Å². The van der Waals surface area contributed by atoms with Crippen molar-refractivity contribution < 1.29 is 33.4 Å². The highest BCUT2D eigenvalue weighted by Gasteiger charge is 2.60. The molecule has 2 atom stereocenters. The van der Waals surface area contributed by atoms with Crippen molar-refractivity contribution in [2.45, 2.75) is 25.5 Å². The van der Waals surface area contributed by atoms with Crippen molar-refractivity contribution in [2.24, 2.45) is 10.9 Å². The summed E-state index contributed by atoms with van der Waals surface area (Å²) in [5.41, 5.74) is -0.167. The molecule has 1 aliphatic heterocycles. The molecule has 2 aliphatic rings. The highest BCUT2D eigenvalue weighted by Crippen LogP contribution is 2.54. The van der Waals surface area contributed by atoms with E-state index in [0.717, 1.165) is 11.3 Å². The van der Waals surface area contributed by atoms with E-state index < -0.39 is 28.8 Å². The van der Waals surface area contributed by atoms with Crippen LogP contribution >= 0.6 is 11.6 Å². The number of aromatic nitrogens is 2. The summed E-state index contributed by atoms with van der Waals surface area (Å²) in [4.78, 5) is 37.3. The number of carbonyl (C=O) groups is 2. The summed E-state index contributed by atoms with van der Waals surface area (Å²) in [6, 6.07) is 9.11. The van der Waals surface area contributed by atoms with E-state index in [1.54, 1.807) is 6.92 Å². The van der Waals surface area contributed by atoms with Gasteiger partial charge in [-0.3, -0.25) is 14.6 Å². The number of carbonyl (C=O) groups excluding carboxylic acids is 2. The van der Waals surface area contributed by atoms with Gasteiger partial charge in [-0.25, -0.2) is 0 Å². The minimum atomic E-state index is -1.88. The van der Waals surface area contributed by atoms with E-state index in [0.29, 0.717) is 5.82 Å². The summed E-state index contributed by atoms with van der Waals surface area (Å²) < 4.78 is 22.1. The Bertz CT molecular complexity index is 1560. The Hall–Kier alpha value is -4.38. The number of aliphatic imine (C=N–C) groups is 1. The number of nitrogens with zero attached hydrogens (tertiary/aromatic N) is 4. The molecule has 0 saturated carbocycles. The maximum absolute atomic E-state index is 13.8. The number of aliphatic hydroxyl groups is 1. The first-order chi connectivity index (χ1) is 19.1. The quantitative estimate of drug-likeness (QED) is 0.407. The molecule has 1 N–H and O–H groups in total. The Morgan fingerprint density at radius 1 is 1.20 bits per heavy atom. The zero-order valence-corrected chi connectivity index (χ0v) is 23.3. The van der Waals surface area contributed by atoms with Gasteiger partial charge in [-0.2, -0.15) is 4.98 Å². The topological polar surface area (TPSA) is 137 Å². The van der Waals surface area contributed by atoms with E-state index in [1.807, 2.05) is 43.3 Å². The number of rotatable bonds is 7. The van der Waals surface area contributed by atoms with Gasteiger partial charge >= 0.3 is 0 Å². The molecular weight excluding hydrogens is 540 g/mol. The number of Topliss-reactive ketones (excluding diaryl/α,β-unsaturated/α-hetero) is 2. The standard InChI is InChI=1S/C28H27ClN4O7/c1-14-10-18(34)17(12-30-13-21-31-27(32-40-21)15-6-8-16(9-7-15)33(2)3)25(35)28(14)26(36)22-19(37-4)11-20(38-5)23(29)24(22)39-28/h6-9,11-12,14,35H,10,13H2,1-5H3. The summed E-state index contributed by atoms with van der Waals surface area (Å²) in [6.07, 6.45) is 1.12. The Balaban J connectivity index is 1.43. The van der Waals surface area contributed by atoms with E-state index in [1.165, 1.54) is 26.5 Å². The fourth-order valence-corrected chi connectivity index (χ4v) is 5.14. The fraction of sp³-hybridized carbons (Fsp3) is 0.321. The molecular formula is C28H27ClN4O7. The van der Waals surface area contributed by atoms with Crippen molar-refractivity contribution in [2.75, 3.05) is 33.2 Å². The van der Waals surface area contributed by atoms with Gasteiger partial charge in [0.15, 0.2) is 17.3 Å². The number of anilines is 1. The predicted molar refractivity (Wildman–Crippen MR) is 147 cm³/mol.